The van der Waals surface area contributed by atoms with Gasteiger partial charge in [0.2, 0.25) is 0 Å². The molecule has 0 heterocycles. The topological polar surface area (TPSA) is 59.3 Å². The van der Waals surface area contributed by atoms with Crippen molar-refractivity contribution in [2.75, 3.05) is 0 Å². The molecule has 0 unspecified atom stereocenters. The largest absolute Gasteiger partial charge is 0.573 e. The van der Waals surface area contributed by atoms with Gasteiger partial charge in [-0.15, -0.1) is 13.2 Å². The Hall–Kier alpha value is -2.82. The minimum atomic E-state index is -4.79. The molecular weight excluding hydrogens is 366 g/mol. The maximum Gasteiger partial charge on any atom is 0.573 e. The molecule has 8 heteroatoms. The molecule has 0 spiro atoms. The van der Waals surface area contributed by atoms with Gasteiger partial charge in [-0.1, -0.05) is 12.2 Å². The second-order valence-electron chi connectivity index (χ2n) is 6.03. The van der Waals surface area contributed by atoms with Crippen LogP contribution in [-0.2, 0) is 4.74 Å². The summed E-state index contributed by atoms with van der Waals surface area (Å²) in [6.45, 7) is 0. The fraction of sp³-hybridized carbons (Fsp3) is 0.368. The van der Waals surface area contributed by atoms with E-state index in [0.29, 0.717) is 12.8 Å². The molecule has 0 saturated heterocycles. The number of hydrogen-bond acceptors (Lipinski definition) is 4. The molecule has 0 aliphatic heterocycles. The summed E-state index contributed by atoms with van der Waals surface area (Å²) in [4.78, 5) is 12.1. The number of esters is 1. The van der Waals surface area contributed by atoms with E-state index in [4.69, 9.17) is 10.00 Å². The Bertz CT molecular complexity index is 740. The summed E-state index contributed by atoms with van der Waals surface area (Å²) in [5.74, 6) is -1.66. The fourth-order valence-electron chi connectivity index (χ4n) is 2.75. The molecule has 0 amide bonds. The molecule has 0 bridgehead atoms. The van der Waals surface area contributed by atoms with E-state index in [0.717, 1.165) is 31.1 Å². The molecule has 144 valence electrons. The van der Waals surface area contributed by atoms with Gasteiger partial charge in [0.15, 0.2) is 5.83 Å². The monoisotopic (exact) mass is 383 g/mol. The minimum absolute atomic E-state index is 0.142. The van der Waals surface area contributed by atoms with E-state index in [1.54, 1.807) is 0 Å². The molecule has 27 heavy (non-hydrogen) atoms. The normalized spacial score (nSPS) is 20.9. The van der Waals surface area contributed by atoms with Crippen molar-refractivity contribution in [3.63, 3.8) is 0 Å². The van der Waals surface area contributed by atoms with Gasteiger partial charge >= 0.3 is 12.3 Å². The van der Waals surface area contributed by atoms with E-state index in [1.165, 1.54) is 24.3 Å². The number of hydrogen-bond donors (Lipinski definition) is 0. The highest BCUT2D eigenvalue weighted by Crippen LogP contribution is 2.28. The van der Waals surface area contributed by atoms with E-state index in [1.807, 2.05) is 6.08 Å². The minimum Gasteiger partial charge on any atom is -0.459 e. The number of benzene rings is 1. The predicted octanol–water partition coefficient (Wildman–Crippen LogP) is 5.23. The lowest BCUT2D eigenvalue weighted by Gasteiger charge is -2.26. The van der Waals surface area contributed by atoms with E-state index >= 15 is 0 Å². The first kappa shape index (κ1) is 20.5. The molecule has 4 nitrogen and oxygen atoms in total. The van der Waals surface area contributed by atoms with E-state index in [2.05, 4.69) is 4.74 Å². The molecular formula is C19H17F4NO3. The molecule has 0 radical (unpaired) electrons. The van der Waals surface area contributed by atoms with Crippen LogP contribution in [0.2, 0.25) is 0 Å². The molecule has 1 saturated carbocycles. The third kappa shape index (κ3) is 7.13. The summed E-state index contributed by atoms with van der Waals surface area (Å²) in [7, 11) is 0. The smallest absolute Gasteiger partial charge is 0.459 e. The van der Waals surface area contributed by atoms with Gasteiger partial charge in [0.25, 0.3) is 0 Å². The van der Waals surface area contributed by atoms with E-state index < -0.39 is 23.9 Å². The first-order valence-corrected chi connectivity index (χ1v) is 8.27. The molecule has 1 aliphatic carbocycles. The molecule has 1 fully saturated rings. The highest BCUT2D eigenvalue weighted by Gasteiger charge is 2.31. The molecule has 1 aliphatic rings. The third-order valence-electron chi connectivity index (χ3n) is 4.05. The first-order valence-electron chi connectivity index (χ1n) is 8.27. The van der Waals surface area contributed by atoms with Gasteiger partial charge < -0.3 is 9.47 Å². The summed E-state index contributed by atoms with van der Waals surface area (Å²) in [5, 5.41) is 8.32. The maximum absolute atomic E-state index is 12.7. The van der Waals surface area contributed by atoms with Crippen molar-refractivity contribution < 1.29 is 31.8 Å². The number of halogens is 4. The van der Waals surface area contributed by atoms with E-state index in [-0.39, 0.29) is 17.6 Å². The van der Waals surface area contributed by atoms with Crippen LogP contribution in [0.3, 0.4) is 0 Å². The number of carbonyl (C=O) groups excluding carboxylic acids is 1. The van der Waals surface area contributed by atoms with Crippen molar-refractivity contribution in [2.24, 2.45) is 5.92 Å². The van der Waals surface area contributed by atoms with Crippen LogP contribution in [0.1, 0.15) is 36.0 Å². The number of ether oxygens (including phenoxy) is 2. The third-order valence-corrected chi connectivity index (χ3v) is 4.05. The second kappa shape index (κ2) is 9.21. The molecule has 1 aromatic rings. The van der Waals surface area contributed by atoms with Crippen molar-refractivity contribution >= 4 is 5.97 Å². The molecule has 1 aromatic carbocycles. The Kier molecular flexibility index (Phi) is 6.99. The Morgan fingerprint density at radius 2 is 1.78 bits per heavy atom. The molecule has 0 aromatic heterocycles. The maximum atomic E-state index is 12.7. The summed E-state index contributed by atoms with van der Waals surface area (Å²) >= 11 is 0. The van der Waals surface area contributed by atoms with Crippen molar-refractivity contribution in [2.45, 2.75) is 38.1 Å². The van der Waals surface area contributed by atoms with Crippen LogP contribution in [0, 0.1) is 17.2 Å². The van der Waals surface area contributed by atoms with Crippen LogP contribution in [-0.4, -0.2) is 18.4 Å². The summed E-state index contributed by atoms with van der Waals surface area (Å²) < 4.78 is 58.2. The fourth-order valence-corrected chi connectivity index (χ4v) is 2.75. The van der Waals surface area contributed by atoms with Crippen molar-refractivity contribution in [1.29, 1.82) is 5.26 Å². The van der Waals surface area contributed by atoms with Gasteiger partial charge in [0.05, 0.1) is 5.56 Å². The van der Waals surface area contributed by atoms with Gasteiger partial charge in [0, 0.05) is 0 Å². The van der Waals surface area contributed by atoms with Gasteiger partial charge in [0.1, 0.15) is 17.9 Å². The molecule has 2 rings (SSSR count). The predicted molar refractivity (Wildman–Crippen MR) is 88.2 cm³/mol. The lowest BCUT2D eigenvalue weighted by molar-refractivity contribution is -0.274. The quantitative estimate of drug-likeness (QED) is 0.302. The van der Waals surface area contributed by atoms with Gasteiger partial charge in [-0.3, -0.25) is 0 Å². The van der Waals surface area contributed by atoms with Crippen molar-refractivity contribution in [3.8, 4) is 11.8 Å². The molecule has 0 N–H and O–H groups in total. The lowest BCUT2D eigenvalue weighted by Crippen LogP contribution is -2.24. The van der Waals surface area contributed by atoms with Crippen LogP contribution in [0.25, 0.3) is 0 Å². The highest BCUT2D eigenvalue weighted by molar-refractivity contribution is 5.89. The van der Waals surface area contributed by atoms with Gasteiger partial charge in [-0.25, -0.2) is 4.79 Å². The number of rotatable bonds is 5. The van der Waals surface area contributed by atoms with Gasteiger partial charge in [-0.2, -0.15) is 9.65 Å². The standard InChI is InChI=1S/C19H17F4NO3/c20-15(12-24)3-1-2-13-4-8-16(9-5-13)26-18(25)14-6-10-17(11-7-14)27-19(21,22)23/h1-3,6-7,10-11,13,16H,4-5,8-9H2. The zero-order chi connectivity index (χ0) is 19.9. The number of nitrogens with zero attached hydrogens (tertiary/aromatic N) is 1. The van der Waals surface area contributed by atoms with Crippen LogP contribution >= 0.6 is 0 Å². The Morgan fingerprint density at radius 3 is 2.33 bits per heavy atom. The summed E-state index contributed by atoms with van der Waals surface area (Å²) in [6, 6.07) is 5.93. The Labute approximate surface area is 153 Å². The van der Waals surface area contributed by atoms with Gasteiger partial charge in [-0.05, 0) is 61.9 Å². The number of carbonyl (C=O) groups is 1. The molecule has 0 atom stereocenters. The first-order chi connectivity index (χ1) is 12.8. The zero-order valence-electron chi connectivity index (χ0n) is 14.2. The average Bonchev–Trinajstić information content (AvgIpc) is 2.62. The van der Waals surface area contributed by atoms with Crippen LogP contribution in [0.4, 0.5) is 17.6 Å². The number of allylic oxidation sites excluding steroid dienone is 4. The zero-order valence-corrected chi connectivity index (χ0v) is 14.2. The van der Waals surface area contributed by atoms with Crippen LogP contribution in [0.15, 0.2) is 48.3 Å². The SMILES string of the molecule is N#CC(F)=CC=CC1CCC(OC(=O)c2ccc(OC(F)(F)F)cc2)CC1. The Balaban J connectivity index is 1.81. The van der Waals surface area contributed by atoms with Crippen molar-refractivity contribution in [3.05, 3.63) is 53.9 Å². The summed E-state index contributed by atoms with van der Waals surface area (Å²) in [6.07, 6.45) is 2.09. The highest BCUT2D eigenvalue weighted by atomic mass is 19.4. The van der Waals surface area contributed by atoms with Crippen molar-refractivity contribution in [1.82, 2.24) is 0 Å². The number of alkyl halides is 3. The van der Waals surface area contributed by atoms with Crippen LogP contribution < -0.4 is 4.74 Å². The lowest BCUT2D eigenvalue weighted by atomic mass is 9.87. The summed E-state index contributed by atoms with van der Waals surface area (Å²) in [5.41, 5.74) is 0.142. The van der Waals surface area contributed by atoms with Crippen LogP contribution in [0.5, 0.6) is 5.75 Å². The average molecular weight is 383 g/mol. The number of nitriles is 1. The Morgan fingerprint density at radius 1 is 1.15 bits per heavy atom. The van der Waals surface area contributed by atoms with E-state index in [9.17, 15) is 22.4 Å². The second-order valence-corrected chi connectivity index (χ2v) is 6.03.